The van der Waals surface area contributed by atoms with Crippen molar-refractivity contribution in [3.63, 3.8) is 0 Å². The van der Waals surface area contributed by atoms with Crippen LogP contribution in [-0.4, -0.2) is 5.11 Å². The minimum Gasteiger partial charge on any atom is -0.508 e. The highest BCUT2D eigenvalue weighted by atomic mass is 19.1. The second-order valence-corrected chi connectivity index (χ2v) is 7.18. The highest BCUT2D eigenvalue weighted by molar-refractivity contribution is 5.82. The number of nitrogens with two attached hydrogens (primary N) is 1. The molecule has 0 aliphatic rings. The number of halogens is 1. The standard InChI is InChI=1S/C22H24FNO3/c1-4-14-9-18-16(10-21(26)27-20(18)11-19(14)25)12-24-22(13(2)3)15-5-7-17(23)8-6-15/h5-11,13,22,24-25H,4,12H2,1-3H3/p+1/t22-/m1/s1. The van der Waals surface area contributed by atoms with Crippen LogP contribution < -0.4 is 10.9 Å². The molecule has 3 N–H and O–H groups in total. The van der Waals surface area contributed by atoms with Crippen LogP contribution >= 0.6 is 0 Å². The molecule has 3 aromatic rings. The second kappa shape index (κ2) is 7.92. The van der Waals surface area contributed by atoms with Crippen molar-refractivity contribution in [2.24, 2.45) is 5.92 Å². The highest BCUT2D eigenvalue weighted by Crippen LogP contribution is 2.27. The van der Waals surface area contributed by atoms with Gasteiger partial charge >= 0.3 is 5.63 Å². The molecule has 3 rings (SSSR count). The Labute approximate surface area is 157 Å². The van der Waals surface area contributed by atoms with E-state index in [1.807, 2.05) is 13.0 Å². The zero-order valence-corrected chi connectivity index (χ0v) is 15.8. The van der Waals surface area contributed by atoms with E-state index in [2.05, 4.69) is 19.2 Å². The molecule has 0 fully saturated rings. The molecule has 5 heteroatoms. The summed E-state index contributed by atoms with van der Waals surface area (Å²) in [6.45, 7) is 6.79. The summed E-state index contributed by atoms with van der Waals surface area (Å²) in [5.74, 6) is 0.220. The van der Waals surface area contributed by atoms with Crippen molar-refractivity contribution in [3.05, 3.63) is 75.4 Å². The number of hydrogen-bond donors (Lipinski definition) is 2. The molecule has 0 saturated carbocycles. The molecule has 0 amide bonds. The van der Waals surface area contributed by atoms with Crippen LogP contribution in [0.5, 0.6) is 5.75 Å². The van der Waals surface area contributed by atoms with Crippen LogP contribution in [0, 0.1) is 11.7 Å². The van der Waals surface area contributed by atoms with Crippen LogP contribution in [0.2, 0.25) is 0 Å². The number of benzene rings is 2. The van der Waals surface area contributed by atoms with Crippen molar-refractivity contribution in [1.29, 1.82) is 0 Å². The van der Waals surface area contributed by atoms with Gasteiger partial charge in [-0.2, -0.15) is 0 Å². The first-order valence-electron chi connectivity index (χ1n) is 9.26. The van der Waals surface area contributed by atoms with Gasteiger partial charge in [0.1, 0.15) is 29.7 Å². The highest BCUT2D eigenvalue weighted by Gasteiger charge is 2.20. The van der Waals surface area contributed by atoms with Gasteiger partial charge in [0, 0.05) is 34.6 Å². The van der Waals surface area contributed by atoms with Gasteiger partial charge in [0.15, 0.2) is 0 Å². The number of phenolic OH excluding ortho intramolecular Hbond substituents is 1. The third-order valence-electron chi connectivity index (χ3n) is 4.98. The predicted molar refractivity (Wildman–Crippen MR) is 103 cm³/mol. The first-order chi connectivity index (χ1) is 12.9. The zero-order chi connectivity index (χ0) is 19.6. The molecule has 142 valence electrons. The third kappa shape index (κ3) is 4.19. The summed E-state index contributed by atoms with van der Waals surface area (Å²) >= 11 is 0. The Hall–Kier alpha value is -2.66. The van der Waals surface area contributed by atoms with E-state index in [0.29, 0.717) is 24.5 Å². The topological polar surface area (TPSA) is 67.0 Å². The van der Waals surface area contributed by atoms with Crippen LogP contribution in [0.1, 0.15) is 43.5 Å². The van der Waals surface area contributed by atoms with Crippen molar-refractivity contribution in [1.82, 2.24) is 0 Å². The lowest BCUT2D eigenvalue weighted by Crippen LogP contribution is -2.84. The summed E-state index contributed by atoms with van der Waals surface area (Å²) in [5.41, 5.74) is 2.69. The van der Waals surface area contributed by atoms with Gasteiger partial charge in [-0.1, -0.05) is 32.9 Å². The Balaban J connectivity index is 1.95. The Morgan fingerprint density at radius 2 is 1.81 bits per heavy atom. The van der Waals surface area contributed by atoms with Gasteiger partial charge in [0.2, 0.25) is 0 Å². The molecule has 27 heavy (non-hydrogen) atoms. The van der Waals surface area contributed by atoms with Crippen LogP contribution in [0.4, 0.5) is 4.39 Å². The lowest BCUT2D eigenvalue weighted by molar-refractivity contribution is -0.717. The molecule has 0 saturated heterocycles. The molecule has 2 aromatic carbocycles. The van der Waals surface area contributed by atoms with Crippen LogP contribution in [-0.2, 0) is 13.0 Å². The van der Waals surface area contributed by atoms with Crippen molar-refractivity contribution in [3.8, 4) is 5.75 Å². The maximum absolute atomic E-state index is 13.2. The largest absolute Gasteiger partial charge is 0.508 e. The molecule has 0 unspecified atom stereocenters. The molecule has 1 heterocycles. The van der Waals surface area contributed by atoms with Crippen LogP contribution in [0.25, 0.3) is 11.0 Å². The van der Waals surface area contributed by atoms with Gasteiger partial charge in [-0.25, -0.2) is 9.18 Å². The fraction of sp³-hybridized carbons (Fsp3) is 0.318. The molecule has 0 aliphatic carbocycles. The van der Waals surface area contributed by atoms with Gasteiger partial charge in [-0.15, -0.1) is 0 Å². The number of aryl methyl sites for hydroxylation is 1. The monoisotopic (exact) mass is 370 g/mol. The van der Waals surface area contributed by atoms with Crippen molar-refractivity contribution in [2.45, 2.75) is 39.8 Å². The number of quaternary nitrogens is 1. The smallest absolute Gasteiger partial charge is 0.336 e. The summed E-state index contributed by atoms with van der Waals surface area (Å²) in [4.78, 5) is 12.0. The Bertz CT molecular complexity index is 993. The van der Waals surface area contributed by atoms with Crippen LogP contribution in [0.15, 0.2) is 51.7 Å². The predicted octanol–water partition coefficient (Wildman–Crippen LogP) is 3.66. The van der Waals surface area contributed by atoms with Gasteiger partial charge in [-0.3, -0.25) is 0 Å². The first kappa shape index (κ1) is 19.1. The molecule has 0 radical (unpaired) electrons. The van der Waals surface area contributed by atoms with E-state index in [1.54, 1.807) is 12.1 Å². The molecular weight excluding hydrogens is 345 g/mol. The van der Waals surface area contributed by atoms with E-state index in [1.165, 1.54) is 24.3 Å². The Morgan fingerprint density at radius 1 is 1.11 bits per heavy atom. The van der Waals surface area contributed by atoms with Gasteiger partial charge in [0.05, 0.1) is 0 Å². The third-order valence-corrected chi connectivity index (χ3v) is 4.98. The zero-order valence-electron chi connectivity index (χ0n) is 15.8. The molecule has 0 bridgehead atoms. The molecular formula is C22H25FNO3+. The Kier molecular flexibility index (Phi) is 5.61. The van der Waals surface area contributed by atoms with Gasteiger partial charge in [-0.05, 0) is 30.2 Å². The molecule has 1 aromatic heterocycles. The average Bonchev–Trinajstić information content (AvgIpc) is 2.62. The first-order valence-corrected chi connectivity index (χ1v) is 9.26. The lowest BCUT2D eigenvalue weighted by Gasteiger charge is -2.20. The summed E-state index contributed by atoms with van der Waals surface area (Å²) in [5, 5.41) is 13.0. The quantitative estimate of drug-likeness (QED) is 0.651. The summed E-state index contributed by atoms with van der Waals surface area (Å²) < 4.78 is 18.5. The molecule has 1 atom stereocenters. The Morgan fingerprint density at radius 3 is 2.44 bits per heavy atom. The number of phenols is 1. The van der Waals surface area contributed by atoms with E-state index in [0.717, 1.165) is 22.1 Å². The molecule has 0 aliphatic heterocycles. The van der Waals surface area contributed by atoms with Crippen molar-refractivity contribution in [2.75, 3.05) is 0 Å². The number of hydrogen-bond acceptors (Lipinski definition) is 3. The summed E-state index contributed by atoms with van der Waals surface area (Å²) in [6, 6.07) is 11.6. The number of fused-ring (bicyclic) bond motifs is 1. The summed E-state index contributed by atoms with van der Waals surface area (Å²) in [6.07, 6.45) is 0.689. The average molecular weight is 370 g/mol. The maximum Gasteiger partial charge on any atom is 0.336 e. The van der Waals surface area contributed by atoms with E-state index in [9.17, 15) is 14.3 Å². The van der Waals surface area contributed by atoms with Crippen molar-refractivity contribution < 1.29 is 19.2 Å². The normalized spacial score (nSPS) is 12.6. The van der Waals surface area contributed by atoms with E-state index in [-0.39, 0.29) is 17.6 Å². The van der Waals surface area contributed by atoms with Gasteiger partial charge < -0.3 is 14.8 Å². The fourth-order valence-corrected chi connectivity index (χ4v) is 3.49. The number of aromatic hydroxyl groups is 1. The van der Waals surface area contributed by atoms with Crippen molar-refractivity contribution >= 4 is 11.0 Å². The van der Waals surface area contributed by atoms with Crippen LogP contribution in [0.3, 0.4) is 0 Å². The van der Waals surface area contributed by atoms with E-state index < -0.39 is 5.63 Å². The van der Waals surface area contributed by atoms with E-state index >= 15 is 0 Å². The minimum atomic E-state index is -0.433. The summed E-state index contributed by atoms with van der Waals surface area (Å²) in [7, 11) is 0. The van der Waals surface area contributed by atoms with E-state index in [4.69, 9.17) is 4.42 Å². The second-order valence-electron chi connectivity index (χ2n) is 7.18. The molecule has 4 nitrogen and oxygen atoms in total. The van der Waals surface area contributed by atoms with Gasteiger partial charge in [0.25, 0.3) is 0 Å². The lowest BCUT2D eigenvalue weighted by atomic mass is 9.95. The SMILES string of the molecule is CCc1cc2c(C[NH2+][C@@H](c3ccc(F)cc3)C(C)C)cc(=O)oc2cc1O. The fourth-order valence-electron chi connectivity index (χ4n) is 3.49. The minimum absolute atomic E-state index is 0.135. The number of rotatable bonds is 6. The maximum atomic E-state index is 13.2. The molecule has 0 spiro atoms.